The molecule has 0 bridgehead atoms. The van der Waals surface area contributed by atoms with Crippen molar-refractivity contribution in [2.24, 2.45) is 11.8 Å². The number of esters is 1. The van der Waals surface area contributed by atoms with E-state index in [1.54, 1.807) is 28.9 Å². The molecule has 7 heteroatoms. The molecule has 1 aliphatic rings. The Labute approximate surface area is 229 Å². The van der Waals surface area contributed by atoms with Crippen molar-refractivity contribution in [3.8, 4) is 16.8 Å². The number of ether oxygens (including phenoxy) is 1. The van der Waals surface area contributed by atoms with Gasteiger partial charge in [0.25, 0.3) is 0 Å². The maximum Gasteiger partial charge on any atom is 0.343 e. The molecule has 7 nitrogen and oxygen atoms in total. The van der Waals surface area contributed by atoms with E-state index in [1.807, 2.05) is 50.4 Å². The van der Waals surface area contributed by atoms with Gasteiger partial charge in [-0.3, -0.25) is 14.7 Å². The van der Waals surface area contributed by atoms with E-state index in [0.29, 0.717) is 17.3 Å². The van der Waals surface area contributed by atoms with E-state index in [4.69, 9.17) is 9.84 Å². The lowest BCUT2D eigenvalue weighted by atomic mass is 9.82. The summed E-state index contributed by atoms with van der Waals surface area (Å²) in [5, 5.41) is 7.02. The van der Waals surface area contributed by atoms with Gasteiger partial charge in [-0.15, -0.1) is 5.10 Å². The van der Waals surface area contributed by atoms with E-state index >= 15 is 0 Å². The fraction of sp³-hybridized carbons (Fsp3) is 0.375. The molecule has 1 aliphatic carbocycles. The first-order valence-electron chi connectivity index (χ1n) is 13.9. The van der Waals surface area contributed by atoms with E-state index < -0.39 is 5.97 Å². The Morgan fingerprint density at radius 2 is 1.72 bits per heavy atom. The number of rotatable bonds is 7. The molecule has 0 aliphatic heterocycles. The second kappa shape index (κ2) is 11.4. The predicted molar refractivity (Wildman–Crippen MR) is 154 cm³/mol. The normalized spacial score (nSPS) is 17.4. The Morgan fingerprint density at radius 3 is 2.41 bits per heavy atom. The highest BCUT2D eigenvalue weighted by Gasteiger charge is 2.34. The number of aromatic nitrogens is 3. The van der Waals surface area contributed by atoms with Crippen LogP contribution in [0.25, 0.3) is 27.6 Å². The van der Waals surface area contributed by atoms with Crippen LogP contribution in [-0.4, -0.2) is 39.3 Å². The van der Waals surface area contributed by atoms with Crippen LogP contribution in [0.5, 0.6) is 0 Å². The first kappa shape index (κ1) is 26.6. The van der Waals surface area contributed by atoms with Crippen LogP contribution >= 0.6 is 0 Å². The van der Waals surface area contributed by atoms with Crippen LogP contribution in [-0.2, 0) is 9.53 Å². The SMILES string of the molecule is CCOC(=O)c1cn(-c2ccc(-c3ccc4cnccc4c3)cc2)nc1N(C(=O)[C@H]1CC[C@H](C)CC1)C(C)C. The van der Waals surface area contributed by atoms with E-state index in [9.17, 15) is 9.59 Å². The van der Waals surface area contributed by atoms with Gasteiger partial charge < -0.3 is 4.74 Å². The highest BCUT2D eigenvalue weighted by Crippen LogP contribution is 2.33. The molecule has 1 saturated carbocycles. The van der Waals surface area contributed by atoms with Crippen molar-refractivity contribution in [2.45, 2.75) is 59.4 Å². The summed E-state index contributed by atoms with van der Waals surface area (Å²) in [7, 11) is 0. The van der Waals surface area contributed by atoms with Crippen molar-refractivity contribution in [3.63, 3.8) is 0 Å². The van der Waals surface area contributed by atoms with Gasteiger partial charge in [-0.2, -0.15) is 0 Å². The molecule has 1 amide bonds. The van der Waals surface area contributed by atoms with E-state index in [-0.39, 0.29) is 24.5 Å². The van der Waals surface area contributed by atoms with Crippen LogP contribution in [0.3, 0.4) is 0 Å². The number of hydrogen-bond acceptors (Lipinski definition) is 5. The number of benzene rings is 2. The molecular formula is C32H36N4O3. The zero-order valence-corrected chi connectivity index (χ0v) is 23.1. The molecule has 2 aromatic heterocycles. The van der Waals surface area contributed by atoms with Crippen molar-refractivity contribution in [3.05, 3.63) is 72.7 Å². The number of fused-ring (bicyclic) bond motifs is 1. The van der Waals surface area contributed by atoms with Crippen LogP contribution in [0.2, 0.25) is 0 Å². The Hall–Kier alpha value is -4.00. The first-order chi connectivity index (χ1) is 18.9. The van der Waals surface area contributed by atoms with Gasteiger partial charge in [-0.1, -0.05) is 31.2 Å². The van der Waals surface area contributed by atoms with Gasteiger partial charge in [0.2, 0.25) is 5.91 Å². The number of pyridine rings is 1. The van der Waals surface area contributed by atoms with Crippen molar-refractivity contribution >= 4 is 28.5 Å². The van der Waals surface area contributed by atoms with Crippen LogP contribution in [0.15, 0.2) is 67.1 Å². The molecule has 2 aromatic carbocycles. The molecule has 0 radical (unpaired) electrons. The lowest BCUT2D eigenvalue weighted by Gasteiger charge is -2.32. The number of carbonyl (C=O) groups excluding carboxylic acids is 2. The smallest absolute Gasteiger partial charge is 0.343 e. The lowest BCUT2D eigenvalue weighted by Crippen LogP contribution is -2.43. The van der Waals surface area contributed by atoms with Gasteiger partial charge in [0.1, 0.15) is 5.56 Å². The lowest BCUT2D eigenvalue weighted by molar-refractivity contribution is -0.124. The van der Waals surface area contributed by atoms with Crippen LogP contribution in [0.4, 0.5) is 5.82 Å². The van der Waals surface area contributed by atoms with Crippen LogP contribution in [0.1, 0.15) is 63.7 Å². The van der Waals surface area contributed by atoms with E-state index in [0.717, 1.165) is 53.3 Å². The molecule has 39 heavy (non-hydrogen) atoms. The minimum atomic E-state index is -0.475. The number of amides is 1. The molecule has 0 spiro atoms. The minimum absolute atomic E-state index is 0.0366. The summed E-state index contributed by atoms with van der Waals surface area (Å²) in [6.07, 6.45) is 9.15. The molecule has 0 unspecified atom stereocenters. The standard InChI is InChI=1S/C32H36N4O3/c1-5-39-32(38)29-20-35(34-30(29)36(21(2)3)31(37)24-8-6-22(4)7-9-24)28-14-12-23(13-15-28)25-10-11-27-19-33-17-16-26(27)18-25/h10-22,24H,5-9H2,1-4H3/t22-,24-. The predicted octanol–water partition coefficient (Wildman–Crippen LogP) is 6.83. The van der Waals surface area contributed by atoms with Crippen molar-refractivity contribution in [1.82, 2.24) is 14.8 Å². The van der Waals surface area contributed by atoms with Gasteiger partial charge in [0, 0.05) is 35.9 Å². The van der Waals surface area contributed by atoms with Gasteiger partial charge in [0.05, 0.1) is 12.3 Å². The summed E-state index contributed by atoms with van der Waals surface area (Å²) in [5.74, 6) is 0.511. The average Bonchev–Trinajstić information content (AvgIpc) is 3.38. The van der Waals surface area contributed by atoms with Crippen LogP contribution in [0, 0.1) is 11.8 Å². The molecule has 1 fully saturated rings. The summed E-state index contributed by atoms with van der Waals surface area (Å²) in [4.78, 5) is 32.6. The molecule has 0 atom stereocenters. The highest BCUT2D eigenvalue weighted by molar-refractivity contribution is 6.02. The summed E-state index contributed by atoms with van der Waals surface area (Å²) in [6, 6.07) is 16.2. The zero-order valence-electron chi connectivity index (χ0n) is 23.1. The monoisotopic (exact) mass is 524 g/mol. The summed E-state index contributed by atoms with van der Waals surface area (Å²) in [5.41, 5.74) is 3.27. The Morgan fingerprint density at radius 1 is 1.00 bits per heavy atom. The largest absolute Gasteiger partial charge is 0.462 e. The first-order valence-corrected chi connectivity index (χ1v) is 13.9. The summed E-state index contributed by atoms with van der Waals surface area (Å²) in [6.45, 7) is 8.19. The fourth-order valence-corrected chi connectivity index (χ4v) is 5.40. The Kier molecular flexibility index (Phi) is 7.77. The van der Waals surface area contributed by atoms with Gasteiger partial charge >= 0.3 is 5.97 Å². The van der Waals surface area contributed by atoms with Crippen molar-refractivity contribution < 1.29 is 14.3 Å². The van der Waals surface area contributed by atoms with Gasteiger partial charge in [-0.05, 0) is 93.2 Å². The van der Waals surface area contributed by atoms with Gasteiger partial charge in [-0.25, -0.2) is 9.48 Å². The minimum Gasteiger partial charge on any atom is -0.462 e. The zero-order chi connectivity index (χ0) is 27.5. The number of carbonyl (C=O) groups is 2. The van der Waals surface area contributed by atoms with Gasteiger partial charge in [0.15, 0.2) is 5.82 Å². The third-order valence-corrected chi connectivity index (χ3v) is 7.64. The average molecular weight is 525 g/mol. The Bertz CT molecular complexity index is 1470. The fourth-order valence-electron chi connectivity index (χ4n) is 5.40. The quantitative estimate of drug-likeness (QED) is 0.248. The maximum atomic E-state index is 13.7. The van der Waals surface area contributed by atoms with Crippen molar-refractivity contribution in [2.75, 3.05) is 11.5 Å². The molecule has 4 aromatic rings. The van der Waals surface area contributed by atoms with Crippen LogP contribution < -0.4 is 4.90 Å². The molecule has 0 N–H and O–H groups in total. The number of anilines is 1. The Balaban J connectivity index is 1.48. The molecular weight excluding hydrogens is 488 g/mol. The van der Waals surface area contributed by atoms with Crippen molar-refractivity contribution in [1.29, 1.82) is 0 Å². The topological polar surface area (TPSA) is 77.3 Å². The highest BCUT2D eigenvalue weighted by atomic mass is 16.5. The summed E-state index contributed by atoms with van der Waals surface area (Å²) < 4.78 is 7.03. The third-order valence-electron chi connectivity index (χ3n) is 7.64. The maximum absolute atomic E-state index is 13.7. The van der Waals surface area contributed by atoms with E-state index in [2.05, 4.69) is 30.1 Å². The molecule has 2 heterocycles. The number of nitrogens with zero attached hydrogens (tertiary/aromatic N) is 4. The molecule has 5 rings (SSSR count). The van der Waals surface area contributed by atoms with E-state index in [1.165, 1.54) is 0 Å². The second-order valence-corrected chi connectivity index (χ2v) is 10.8. The number of hydrogen-bond donors (Lipinski definition) is 0. The third kappa shape index (κ3) is 5.58. The molecule has 0 saturated heterocycles. The molecule has 202 valence electrons. The summed E-state index contributed by atoms with van der Waals surface area (Å²) >= 11 is 0. The second-order valence-electron chi connectivity index (χ2n) is 10.8.